The van der Waals surface area contributed by atoms with Crippen LogP contribution in [0.2, 0.25) is 0 Å². The molecule has 16 heavy (non-hydrogen) atoms. The summed E-state index contributed by atoms with van der Waals surface area (Å²) in [5.74, 6) is 0. The van der Waals surface area contributed by atoms with E-state index in [9.17, 15) is 0 Å². The molecule has 0 N–H and O–H groups in total. The third kappa shape index (κ3) is 5.39. The van der Waals surface area contributed by atoms with E-state index in [1.54, 1.807) is 18.6 Å². The number of hydrogen-bond donors (Lipinski definition) is 0. The molecule has 0 unspecified atom stereocenters. The molecule has 2 rings (SSSR count). The topological polar surface area (TPSA) is 38.7 Å². The molecule has 2 heterocycles. The highest BCUT2D eigenvalue weighted by atomic mass is 14.9. The molecule has 88 valence electrons. The van der Waals surface area contributed by atoms with Crippen molar-refractivity contribution in [2.45, 2.75) is 40.5 Å². The van der Waals surface area contributed by atoms with Gasteiger partial charge in [-0.1, -0.05) is 40.5 Å². The van der Waals surface area contributed by atoms with Crippen LogP contribution in [0.5, 0.6) is 0 Å². The third-order valence-corrected chi connectivity index (χ3v) is 1.74. The van der Waals surface area contributed by atoms with Gasteiger partial charge in [0.05, 0.1) is 0 Å². The van der Waals surface area contributed by atoms with Crippen LogP contribution in [0, 0.1) is 0 Å². The standard InChI is InChI=1S/C7H5N3.C4H10.C2H6/c1-2-6-7(9-3-1)10-5-4-8-6;1-3-4-2;1-2/h1-5H;3-4H2,1-2H3;1-2H3. The molecule has 0 amide bonds. The molecular formula is C13H21N3. The summed E-state index contributed by atoms with van der Waals surface area (Å²) in [6.07, 6.45) is 7.64. The Morgan fingerprint density at radius 2 is 1.44 bits per heavy atom. The summed E-state index contributed by atoms with van der Waals surface area (Å²) in [6, 6.07) is 3.73. The summed E-state index contributed by atoms with van der Waals surface area (Å²) in [7, 11) is 0. The largest absolute Gasteiger partial charge is 0.251 e. The SMILES string of the molecule is CC.CCCC.c1cnc2nccnc2c1. The van der Waals surface area contributed by atoms with E-state index in [0.717, 1.165) is 5.52 Å². The Morgan fingerprint density at radius 3 is 2.00 bits per heavy atom. The van der Waals surface area contributed by atoms with Crippen LogP contribution in [-0.4, -0.2) is 15.0 Å². The maximum Gasteiger partial charge on any atom is 0.178 e. The lowest BCUT2D eigenvalue weighted by Crippen LogP contribution is -1.83. The molecule has 0 aliphatic carbocycles. The predicted molar refractivity (Wildman–Crippen MR) is 69.3 cm³/mol. The average molecular weight is 219 g/mol. The van der Waals surface area contributed by atoms with Crippen LogP contribution >= 0.6 is 0 Å². The van der Waals surface area contributed by atoms with Gasteiger partial charge >= 0.3 is 0 Å². The Bertz CT molecular complexity index is 307. The number of unbranched alkanes of at least 4 members (excludes halogenated alkanes) is 1. The molecule has 2 aromatic heterocycles. The highest BCUT2D eigenvalue weighted by Crippen LogP contribution is 2.00. The van der Waals surface area contributed by atoms with Crippen molar-refractivity contribution in [3.8, 4) is 0 Å². The van der Waals surface area contributed by atoms with Crippen molar-refractivity contribution in [1.82, 2.24) is 15.0 Å². The van der Waals surface area contributed by atoms with Crippen LogP contribution in [-0.2, 0) is 0 Å². The smallest absolute Gasteiger partial charge is 0.178 e. The Morgan fingerprint density at radius 1 is 0.875 bits per heavy atom. The van der Waals surface area contributed by atoms with Gasteiger partial charge in [-0.05, 0) is 12.1 Å². The molecule has 0 spiro atoms. The van der Waals surface area contributed by atoms with Crippen LogP contribution in [0.25, 0.3) is 11.2 Å². The maximum absolute atomic E-state index is 4.06. The van der Waals surface area contributed by atoms with Gasteiger partial charge in [0.15, 0.2) is 5.65 Å². The molecular weight excluding hydrogens is 198 g/mol. The lowest BCUT2D eigenvalue weighted by molar-refractivity contribution is 0.886. The zero-order valence-corrected chi connectivity index (χ0v) is 10.6. The molecule has 0 aliphatic rings. The lowest BCUT2D eigenvalue weighted by atomic mass is 10.4. The Balaban J connectivity index is 0.000000323. The molecule has 0 saturated carbocycles. The Kier molecular flexibility index (Phi) is 9.08. The molecule has 0 fully saturated rings. The van der Waals surface area contributed by atoms with Crippen molar-refractivity contribution >= 4 is 11.2 Å². The van der Waals surface area contributed by atoms with Gasteiger partial charge in [0, 0.05) is 18.6 Å². The summed E-state index contributed by atoms with van der Waals surface area (Å²) in [5, 5.41) is 0. The van der Waals surface area contributed by atoms with Crippen LogP contribution in [0.4, 0.5) is 0 Å². The van der Waals surface area contributed by atoms with Crippen molar-refractivity contribution in [3.05, 3.63) is 30.7 Å². The summed E-state index contributed by atoms with van der Waals surface area (Å²) in [5.41, 5.74) is 1.54. The van der Waals surface area contributed by atoms with Gasteiger partial charge in [0.1, 0.15) is 5.52 Å². The summed E-state index contributed by atoms with van der Waals surface area (Å²) in [6.45, 7) is 8.36. The molecule has 0 bridgehead atoms. The minimum atomic E-state index is 0.699. The zero-order chi connectivity index (χ0) is 12.2. The van der Waals surface area contributed by atoms with Crippen molar-refractivity contribution < 1.29 is 0 Å². The van der Waals surface area contributed by atoms with E-state index < -0.39 is 0 Å². The Hall–Kier alpha value is -1.51. The molecule has 3 nitrogen and oxygen atoms in total. The number of hydrogen-bond acceptors (Lipinski definition) is 3. The van der Waals surface area contributed by atoms with Gasteiger partial charge in [-0.3, -0.25) is 4.98 Å². The fraction of sp³-hybridized carbons (Fsp3) is 0.462. The molecule has 2 aromatic rings. The number of nitrogens with zero attached hydrogens (tertiary/aromatic N) is 3. The molecule has 0 saturated heterocycles. The first-order valence-corrected chi connectivity index (χ1v) is 5.90. The second-order valence-corrected chi connectivity index (χ2v) is 2.90. The fourth-order valence-corrected chi connectivity index (χ4v) is 0.806. The first-order valence-electron chi connectivity index (χ1n) is 5.90. The summed E-state index contributed by atoms with van der Waals surface area (Å²) < 4.78 is 0. The number of aromatic nitrogens is 3. The maximum atomic E-state index is 4.06. The van der Waals surface area contributed by atoms with Crippen LogP contribution in [0.1, 0.15) is 40.5 Å². The highest BCUT2D eigenvalue weighted by molar-refractivity contribution is 5.67. The van der Waals surface area contributed by atoms with E-state index in [-0.39, 0.29) is 0 Å². The van der Waals surface area contributed by atoms with E-state index >= 15 is 0 Å². The van der Waals surface area contributed by atoms with E-state index in [2.05, 4.69) is 28.8 Å². The van der Waals surface area contributed by atoms with E-state index in [1.807, 2.05) is 26.0 Å². The number of rotatable bonds is 1. The number of pyridine rings is 1. The summed E-state index contributed by atoms with van der Waals surface area (Å²) >= 11 is 0. The molecule has 0 atom stereocenters. The zero-order valence-electron chi connectivity index (χ0n) is 10.6. The average Bonchev–Trinajstić information content (AvgIpc) is 2.41. The minimum Gasteiger partial charge on any atom is -0.251 e. The predicted octanol–water partition coefficient (Wildman–Crippen LogP) is 3.86. The van der Waals surface area contributed by atoms with Gasteiger partial charge in [0.25, 0.3) is 0 Å². The van der Waals surface area contributed by atoms with Gasteiger partial charge in [-0.2, -0.15) is 0 Å². The second-order valence-electron chi connectivity index (χ2n) is 2.90. The van der Waals surface area contributed by atoms with Gasteiger partial charge in [-0.25, -0.2) is 9.97 Å². The highest BCUT2D eigenvalue weighted by Gasteiger charge is 1.89. The van der Waals surface area contributed by atoms with Crippen molar-refractivity contribution in [2.24, 2.45) is 0 Å². The first kappa shape index (κ1) is 14.5. The van der Waals surface area contributed by atoms with Gasteiger partial charge in [0.2, 0.25) is 0 Å². The molecule has 0 aliphatic heterocycles. The summed E-state index contributed by atoms with van der Waals surface area (Å²) in [4.78, 5) is 12.1. The second kappa shape index (κ2) is 10.0. The van der Waals surface area contributed by atoms with E-state index in [0.29, 0.717) is 5.65 Å². The van der Waals surface area contributed by atoms with Gasteiger partial charge < -0.3 is 0 Å². The van der Waals surface area contributed by atoms with Crippen molar-refractivity contribution in [2.75, 3.05) is 0 Å². The lowest BCUT2D eigenvalue weighted by Gasteiger charge is -1.89. The van der Waals surface area contributed by atoms with E-state index in [4.69, 9.17) is 0 Å². The monoisotopic (exact) mass is 219 g/mol. The minimum absolute atomic E-state index is 0.699. The first-order chi connectivity index (χ1) is 7.88. The fourth-order valence-electron chi connectivity index (χ4n) is 0.806. The van der Waals surface area contributed by atoms with Crippen LogP contribution in [0.15, 0.2) is 30.7 Å². The third-order valence-electron chi connectivity index (χ3n) is 1.74. The van der Waals surface area contributed by atoms with E-state index in [1.165, 1.54) is 12.8 Å². The normalized spacial score (nSPS) is 8.50. The number of fused-ring (bicyclic) bond motifs is 1. The molecule has 0 radical (unpaired) electrons. The van der Waals surface area contributed by atoms with Crippen LogP contribution in [0.3, 0.4) is 0 Å². The Labute approximate surface area is 98.0 Å². The van der Waals surface area contributed by atoms with Crippen LogP contribution < -0.4 is 0 Å². The molecule has 0 aromatic carbocycles. The van der Waals surface area contributed by atoms with Crippen molar-refractivity contribution in [3.63, 3.8) is 0 Å². The van der Waals surface area contributed by atoms with Crippen molar-refractivity contribution in [1.29, 1.82) is 0 Å². The van der Waals surface area contributed by atoms with Gasteiger partial charge in [-0.15, -0.1) is 0 Å². The quantitative estimate of drug-likeness (QED) is 0.731. The molecule has 3 heteroatoms.